The third-order valence-electron chi connectivity index (χ3n) is 4.40. The fourth-order valence-electron chi connectivity index (χ4n) is 2.98. The van der Waals surface area contributed by atoms with E-state index in [9.17, 15) is 14.4 Å². The Balaban J connectivity index is 1.72. The zero-order valence-electron chi connectivity index (χ0n) is 13.2. The van der Waals surface area contributed by atoms with Crippen LogP contribution >= 0.6 is 0 Å². The summed E-state index contributed by atoms with van der Waals surface area (Å²) in [5, 5.41) is 2.27. The van der Waals surface area contributed by atoms with Crippen molar-refractivity contribution in [1.29, 1.82) is 0 Å². The van der Waals surface area contributed by atoms with Crippen LogP contribution in [0.4, 0.5) is 4.79 Å². The molecule has 0 radical (unpaired) electrons. The Morgan fingerprint density at radius 3 is 2.48 bits per heavy atom. The number of hydrogen-bond acceptors (Lipinski definition) is 4. The molecule has 2 aliphatic heterocycles. The van der Waals surface area contributed by atoms with Crippen molar-refractivity contribution < 1.29 is 19.1 Å². The summed E-state index contributed by atoms with van der Waals surface area (Å²) in [5.74, 6) is -0.274. The van der Waals surface area contributed by atoms with Crippen molar-refractivity contribution in [2.24, 2.45) is 0 Å². The smallest absolute Gasteiger partial charge is 0.411 e. The van der Waals surface area contributed by atoms with Gasteiger partial charge in [0.25, 0.3) is 0 Å². The van der Waals surface area contributed by atoms with Gasteiger partial charge in [-0.05, 0) is 23.5 Å². The first-order chi connectivity index (χ1) is 11.0. The minimum atomic E-state index is -0.625. The fourth-order valence-corrected chi connectivity index (χ4v) is 2.98. The lowest BCUT2D eigenvalue weighted by atomic mass is 9.99. The SMILES string of the molecule is CC(C)c1ccc([C@@H]2CN([C@@H]3CCC(=O)NC3=O)C(=O)O2)cc1. The first kappa shape index (κ1) is 15.5. The highest BCUT2D eigenvalue weighted by Crippen LogP contribution is 2.30. The van der Waals surface area contributed by atoms with E-state index in [1.165, 1.54) is 10.5 Å². The number of benzene rings is 1. The van der Waals surface area contributed by atoms with Crippen LogP contribution in [0.15, 0.2) is 24.3 Å². The highest BCUT2D eigenvalue weighted by Gasteiger charge is 2.41. The molecule has 3 amide bonds. The Kier molecular flexibility index (Phi) is 4.07. The van der Waals surface area contributed by atoms with Crippen LogP contribution < -0.4 is 5.32 Å². The van der Waals surface area contributed by atoms with E-state index in [0.29, 0.717) is 18.9 Å². The number of ether oxygens (including phenoxy) is 1. The molecule has 0 saturated carbocycles. The molecule has 2 heterocycles. The molecular formula is C17H20N2O4. The van der Waals surface area contributed by atoms with E-state index >= 15 is 0 Å². The molecule has 1 aromatic carbocycles. The second-order valence-electron chi connectivity index (χ2n) is 6.31. The van der Waals surface area contributed by atoms with Crippen molar-refractivity contribution in [2.45, 2.75) is 44.8 Å². The van der Waals surface area contributed by atoms with Gasteiger partial charge < -0.3 is 4.74 Å². The number of carbonyl (C=O) groups excluding carboxylic acids is 3. The van der Waals surface area contributed by atoms with Crippen LogP contribution in [0.3, 0.4) is 0 Å². The third-order valence-corrected chi connectivity index (χ3v) is 4.40. The van der Waals surface area contributed by atoms with Crippen molar-refractivity contribution in [3.05, 3.63) is 35.4 Å². The number of hydrogen-bond donors (Lipinski definition) is 1. The lowest BCUT2D eigenvalue weighted by Crippen LogP contribution is -2.52. The van der Waals surface area contributed by atoms with Crippen molar-refractivity contribution in [3.8, 4) is 0 Å². The van der Waals surface area contributed by atoms with Crippen LogP contribution in [0.25, 0.3) is 0 Å². The molecule has 2 atom stereocenters. The molecule has 0 bridgehead atoms. The first-order valence-corrected chi connectivity index (χ1v) is 7.86. The van der Waals surface area contributed by atoms with Gasteiger partial charge in [-0.1, -0.05) is 38.1 Å². The monoisotopic (exact) mass is 316 g/mol. The van der Waals surface area contributed by atoms with Gasteiger partial charge in [0, 0.05) is 6.42 Å². The average Bonchev–Trinajstić information content (AvgIpc) is 2.89. The molecule has 3 rings (SSSR count). The predicted molar refractivity (Wildman–Crippen MR) is 82.6 cm³/mol. The van der Waals surface area contributed by atoms with Crippen LogP contribution in [0.5, 0.6) is 0 Å². The number of nitrogens with zero attached hydrogens (tertiary/aromatic N) is 1. The summed E-state index contributed by atoms with van der Waals surface area (Å²) in [7, 11) is 0. The maximum Gasteiger partial charge on any atom is 0.411 e. The third kappa shape index (κ3) is 3.06. The molecule has 0 aromatic heterocycles. The normalized spacial score (nSPS) is 24.8. The van der Waals surface area contributed by atoms with Gasteiger partial charge in [0.2, 0.25) is 11.8 Å². The van der Waals surface area contributed by atoms with E-state index in [1.54, 1.807) is 0 Å². The highest BCUT2D eigenvalue weighted by molar-refractivity contribution is 6.01. The number of amides is 3. The van der Waals surface area contributed by atoms with E-state index in [2.05, 4.69) is 19.2 Å². The zero-order valence-corrected chi connectivity index (χ0v) is 13.2. The van der Waals surface area contributed by atoms with E-state index in [0.717, 1.165) is 5.56 Å². The second-order valence-corrected chi connectivity index (χ2v) is 6.31. The Morgan fingerprint density at radius 2 is 1.87 bits per heavy atom. The number of nitrogens with one attached hydrogen (secondary N) is 1. The lowest BCUT2D eigenvalue weighted by Gasteiger charge is -2.27. The average molecular weight is 316 g/mol. The van der Waals surface area contributed by atoms with Gasteiger partial charge in [-0.25, -0.2) is 4.79 Å². The number of rotatable bonds is 3. The minimum Gasteiger partial charge on any atom is -0.439 e. The van der Waals surface area contributed by atoms with Crippen LogP contribution in [-0.4, -0.2) is 35.4 Å². The molecule has 6 heteroatoms. The quantitative estimate of drug-likeness (QED) is 0.867. The standard InChI is InChI=1S/C17H20N2O4/c1-10(2)11-3-5-12(6-4-11)14-9-19(17(22)23-14)13-7-8-15(20)18-16(13)21/h3-6,10,13-14H,7-9H2,1-2H3,(H,18,20,21)/t13-,14+/m1/s1. The summed E-state index contributed by atoms with van der Waals surface area (Å²) >= 11 is 0. The predicted octanol–water partition coefficient (Wildman–Crippen LogP) is 2.11. The van der Waals surface area contributed by atoms with Crippen LogP contribution in [0.2, 0.25) is 0 Å². The summed E-state index contributed by atoms with van der Waals surface area (Å²) in [4.78, 5) is 36.7. The fraction of sp³-hybridized carbons (Fsp3) is 0.471. The highest BCUT2D eigenvalue weighted by atomic mass is 16.6. The molecule has 2 fully saturated rings. The van der Waals surface area contributed by atoms with Gasteiger partial charge in [0.1, 0.15) is 12.1 Å². The summed E-state index contributed by atoms with van der Waals surface area (Å²) in [6.07, 6.45) is -0.293. The molecule has 2 saturated heterocycles. The summed E-state index contributed by atoms with van der Waals surface area (Å²) in [6.45, 7) is 4.57. The van der Waals surface area contributed by atoms with Gasteiger partial charge in [0.15, 0.2) is 0 Å². The maximum absolute atomic E-state index is 12.1. The van der Waals surface area contributed by atoms with E-state index in [4.69, 9.17) is 4.74 Å². The van der Waals surface area contributed by atoms with Crippen LogP contribution in [0.1, 0.15) is 49.8 Å². The molecule has 122 valence electrons. The second kappa shape index (κ2) is 6.02. The lowest BCUT2D eigenvalue weighted by molar-refractivity contribution is -0.136. The van der Waals surface area contributed by atoms with E-state index < -0.39 is 18.0 Å². The Morgan fingerprint density at radius 1 is 1.17 bits per heavy atom. The van der Waals surface area contributed by atoms with Crippen LogP contribution in [-0.2, 0) is 14.3 Å². The Labute approximate surface area is 134 Å². The van der Waals surface area contributed by atoms with Crippen molar-refractivity contribution in [3.63, 3.8) is 0 Å². The number of carbonyl (C=O) groups is 3. The molecule has 0 unspecified atom stereocenters. The van der Waals surface area contributed by atoms with E-state index in [-0.39, 0.29) is 18.4 Å². The number of piperidine rings is 1. The molecule has 6 nitrogen and oxygen atoms in total. The van der Waals surface area contributed by atoms with Gasteiger partial charge in [-0.2, -0.15) is 0 Å². The van der Waals surface area contributed by atoms with Gasteiger partial charge >= 0.3 is 6.09 Å². The van der Waals surface area contributed by atoms with Crippen molar-refractivity contribution >= 4 is 17.9 Å². The topological polar surface area (TPSA) is 75.7 Å². The van der Waals surface area contributed by atoms with Crippen molar-refractivity contribution in [2.75, 3.05) is 6.54 Å². The molecule has 2 aliphatic rings. The molecule has 0 aliphatic carbocycles. The Hall–Kier alpha value is -2.37. The zero-order chi connectivity index (χ0) is 16.6. The largest absolute Gasteiger partial charge is 0.439 e. The van der Waals surface area contributed by atoms with Crippen LogP contribution in [0, 0.1) is 0 Å². The molecule has 0 spiro atoms. The van der Waals surface area contributed by atoms with E-state index in [1.807, 2.05) is 24.3 Å². The Bertz CT molecular complexity index is 638. The first-order valence-electron chi connectivity index (χ1n) is 7.86. The van der Waals surface area contributed by atoms with Gasteiger partial charge in [-0.15, -0.1) is 0 Å². The number of cyclic esters (lactones) is 1. The summed E-state index contributed by atoms with van der Waals surface area (Å²) < 4.78 is 5.41. The number of imide groups is 1. The molecular weight excluding hydrogens is 296 g/mol. The van der Waals surface area contributed by atoms with Gasteiger partial charge in [-0.3, -0.25) is 19.8 Å². The molecule has 23 heavy (non-hydrogen) atoms. The van der Waals surface area contributed by atoms with Gasteiger partial charge in [0.05, 0.1) is 6.54 Å². The molecule has 1 N–H and O–H groups in total. The summed E-state index contributed by atoms with van der Waals surface area (Å²) in [6, 6.07) is 7.35. The molecule has 1 aromatic rings. The summed E-state index contributed by atoms with van der Waals surface area (Å²) in [5.41, 5.74) is 2.14. The maximum atomic E-state index is 12.1. The minimum absolute atomic E-state index is 0.244. The van der Waals surface area contributed by atoms with Crippen molar-refractivity contribution in [1.82, 2.24) is 10.2 Å².